The molecule has 4 nitrogen and oxygen atoms in total. The molecule has 2 atom stereocenters. The summed E-state index contributed by atoms with van der Waals surface area (Å²) >= 11 is 0. The molecule has 1 aromatic carbocycles. The number of benzene rings is 1. The van der Waals surface area contributed by atoms with Gasteiger partial charge in [0.1, 0.15) is 11.9 Å². The van der Waals surface area contributed by atoms with Crippen molar-refractivity contribution in [2.75, 3.05) is 5.01 Å². The Hall–Kier alpha value is -2.97. The summed E-state index contributed by atoms with van der Waals surface area (Å²) in [6, 6.07) is 6.25. The molecule has 0 aliphatic heterocycles. The second-order valence-electron chi connectivity index (χ2n) is 9.17. The molecule has 0 saturated heterocycles. The van der Waals surface area contributed by atoms with Crippen LogP contribution in [0, 0.1) is 34.4 Å². The number of allylic oxidation sites excluding steroid dienone is 6. The third kappa shape index (κ3) is 10.4. The van der Waals surface area contributed by atoms with Gasteiger partial charge in [-0.25, -0.2) is 10.2 Å². The molecule has 3 N–H and O–H groups in total. The molecule has 0 saturated carbocycles. The Morgan fingerprint density at radius 1 is 1.23 bits per heavy atom. The highest BCUT2D eigenvalue weighted by Gasteiger charge is 2.14. The average molecular weight is 479 g/mol. The lowest BCUT2D eigenvalue weighted by molar-refractivity contribution is 0.454. The highest BCUT2D eigenvalue weighted by atomic mass is 19.1. The second kappa shape index (κ2) is 16.6. The van der Waals surface area contributed by atoms with Crippen molar-refractivity contribution in [1.82, 2.24) is 0 Å². The van der Waals surface area contributed by atoms with Gasteiger partial charge < -0.3 is 5.41 Å². The normalized spacial score (nSPS) is 14.6. The molecule has 0 heterocycles. The van der Waals surface area contributed by atoms with E-state index in [0.29, 0.717) is 5.69 Å². The van der Waals surface area contributed by atoms with Crippen molar-refractivity contribution >= 4 is 11.9 Å². The Bertz CT molecular complexity index is 965. The van der Waals surface area contributed by atoms with Gasteiger partial charge in [-0.15, -0.1) is 0 Å². The number of rotatable bonds is 15. The minimum absolute atomic E-state index is 0.00961. The van der Waals surface area contributed by atoms with Gasteiger partial charge in [0.05, 0.1) is 16.9 Å². The number of anilines is 1. The predicted octanol–water partition coefficient (Wildman–Crippen LogP) is 8.38. The summed E-state index contributed by atoms with van der Waals surface area (Å²) in [5.74, 6) is 6.88. The number of nitrogens with one attached hydrogen (secondary N) is 1. The Kier molecular flexibility index (Phi) is 14.3. The van der Waals surface area contributed by atoms with Crippen LogP contribution in [0.2, 0.25) is 0 Å². The highest BCUT2D eigenvalue weighted by Crippen LogP contribution is 2.26. The maximum atomic E-state index is 14.3. The lowest BCUT2D eigenvalue weighted by Gasteiger charge is -2.24. The third-order valence-corrected chi connectivity index (χ3v) is 6.44. The summed E-state index contributed by atoms with van der Waals surface area (Å²) in [7, 11) is 0. The Balaban J connectivity index is 3.24. The maximum absolute atomic E-state index is 14.3. The standard InChI is InChI=1S/C30H43FN4/c1-6-11-26(17-16-24(5)8-3)30(35(34)28-19-18-27(22-33)29(31)20-28)15-10-14-25(21-32)13-9-12-23(4)7-2/h6,11,15-21,23,25,32H,7-10,12-14,34H2,1-5H3/b11-6-,24-16+,26-17+,30-15-,32-21?. The molecule has 0 radical (unpaired) electrons. The first-order valence-corrected chi connectivity index (χ1v) is 12.8. The zero-order valence-electron chi connectivity index (χ0n) is 22.2. The Morgan fingerprint density at radius 2 is 1.97 bits per heavy atom. The molecule has 0 aliphatic rings. The largest absolute Gasteiger partial charge is 0.313 e. The minimum Gasteiger partial charge on any atom is -0.313 e. The number of hydrogen-bond acceptors (Lipinski definition) is 4. The molecule has 0 aromatic heterocycles. The first-order chi connectivity index (χ1) is 16.8. The van der Waals surface area contributed by atoms with Crippen LogP contribution in [0.4, 0.5) is 10.1 Å². The number of nitrogens with zero attached hydrogens (tertiary/aromatic N) is 2. The van der Waals surface area contributed by atoms with E-state index in [1.807, 2.05) is 31.2 Å². The van der Waals surface area contributed by atoms with E-state index in [2.05, 4.69) is 39.8 Å². The van der Waals surface area contributed by atoms with Crippen LogP contribution in [0.15, 0.2) is 65.4 Å². The first kappa shape index (κ1) is 30.1. The van der Waals surface area contributed by atoms with Gasteiger partial charge in [0.15, 0.2) is 0 Å². The zero-order chi connectivity index (χ0) is 26.2. The molecule has 2 unspecified atom stereocenters. The smallest absolute Gasteiger partial charge is 0.143 e. The van der Waals surface area contributed by atoms with Crippen molar-refractivity contribution in [1.29, 1.82) is 10.7 Å². The van der Waals surface area contributed by atoms with E-state index in [1.165, 1.54) is 35.6 Å². The van der Waals surface area contributed by atoms with Crippen LogP contribution >= 0.6 is 0 Å². The van der Waals surface area contributed by atoms with E-state index in [1.54, 1.807) is 12.3 Å². The van der Waals surface area contributed by atoms with Gasteiger partial charge in [0.2, 0.25) is 0 Å². The number of nitrogens with two attached hydrogens (primary N) is 1. The van der Waals surface area contributed by atoms with E-state index in [0.717, 1.165) is 49.3 Å². The quantitative estimate of drug-likeness (QED) is 0.115. The molecule has 1 aromatic rings. The fourth-order valence-corrected chi connectivity index (χ4v) is 3.67. The Labute approximate surface area is 212 Å². The van der Waals surface area contributed by atoms with Crippen molar-refractivity contribution in [3.63, 3.8) is 0 Å². The van der Waals surface area contributed by atoms with Gasteiger partial charge in [-0.05, 0) is 75.3 Å². The van der Waals surface area contributed by atoms with Crippen LogP contribution in [0.5, 0.6) is 0 Å². The lowest BCUT2D eigenvalue weighted by atomic mass is 9.93. The number of halogens is 1. The minimum atomic E-state index is -0.594. The van der Waals surface area contributed by atoms with Crippen molar-refractivity contribution < 1.29 is 4.39 Å². The summed E-state index contributed by atoms with van der Waals surface area (Å²) in [6.07, 6.45) is 18.8. The SMILES string of the molecule is C\C=C/C(=C\C=C(/C)CC)C(=C/CCC(C=N)CCCC(C)CC)/N(N)c1ccc(C#N)c(F)c1. The fourth-order valence-electron chi connectivity index (χ4n) is 3.67. The van der Waals surface area contributed by atoms with E-state index in [-0.39, 0.29) is 11.5 Å². The summed E-state index contributed by atoms with van der Waals surface area (Å²) < 4.78 is 14.3. The van der Waals surface area contributed by atoms with Crippen LogP contribution in [-0.4, -0.2) is 6.21 Å². The summed E-state index contributed by atoms with van der Waals surface area (Å²) in [5.41, 5.74) is 3.37. The molecule has 1 rings (SSSR count). The maximum Gasteiger partial charge on any atom is 0.143 e. The first-order valence-electron chi connectivity index (χ1n) is 12.8. The van der Waals surface area contributed by atoms with Gasteiger partial charge in [0, 0.05) is 6.07 Å². The summed E-state index contributed by atoms with van der Waals surface area (Å²) in [6.45, 7) is 10.6. The van der Waals surface area contributed by atoms with Crippen LogP contribution in [-0.2, 0) is 0 Å². The van der Waals surface area contributed by atoms with Crippen LogP contribution in [0.1, 0.15) is 85.1 Å². The van der Waals surface area contributed by atoms with E-state index < -0.39 is 5.82 Å². The highest BCUT2D eigenvalue weighted by molar-refractivity contribution is 5.60. The van der Waals surface area contributed by atoms with Crippen molar-refractivity contribution in [3.05, 3.63) is 76.8 Å². The molecule has 35 heavy (non-hydrogen) atoms. The number of hydrazine groups is 1. The Morgan fingerprint density at radius 3 is 2.54 bits per heavy atom. The second-order valence-corrected chi connectivity index (χ2v) is 9.17. The van der Waals surface area contributed by atoms with Crippen molar-refractivity contribution in [2.24, 2.45) is 17.7 Å². The van der Waals surface area contributed by atoms with E-state index >= 15 is 0 Å². The van der Waals surface area contributed by atoms with Gasteiger partial charge in [-0.1, -0.05) is 76.0 Å². The van der Waals surface area contributed by atoms with Crippen LogP contribution in [0.25, 0.3) is 0 Å². The zero-order valence-corrected chi connectivity index (χ0v) is 22.2. The molecule has 0 aliphatic carbocycles. The molecule has 0 amide bonds. The molecule has 190 valence electrons. The number of hydrogen-bond donors (Lipinski definition) is 2. The molecular weight excluding hydrogens is 435 g/mol. The van der Waals surface area contributed by atoms with Crippen LogP contribution < -0.4 is 10.9 Å². The van der Waals surface area contributed by atoms with E-state index in [4.69, 9.17) is 16.5 Å². The van der Waals surface area contributed by atoms with Crippen LogP contribution in [0.3, 0.4) is 0 Å². The monoisotopic (exact) mass is 478 g/mol. The van der Waals surface area contributed by atoms with Gasteiger partial charge >= 0.3 is 0 Å². The van der Waals surface area contributed by atoms with E-state index in [9.17, 15) is 4.39 Å². The fraction of sp³-hybridized carbons (Fsp3) is 0.467. The molecule has 0 fully saturated rings. The molecule has 0 bridgehead atoms. The molecule has 5 heteroatoms. The van der Waals surface area contributed by atoms with Crippen molar-refractivity contribution in [3.8, 4) is 6.07 Å². The number of nitriles is 1. The lowest BCUT2D eigenvalue weighted by Crippen LogP contribution is -2.31. The predicted molar refractivity (Wildman–Crippen MR) is 148 cm³/mol. The van der Waals surface area contributed by atoms with Gasteiger partial charge in [0.25, 0.3) is 0 Å². The topological polar surface area (TPSA) is 76.9 Å². The molecular formula is C30H43FN4. The summed E-state index contributed by atoms with van der Waals surface area (Å²) in [4.78, 5) is 0. The van der Waals surface area contributed by atoms with Gasteiger partial charge in [-0.2, -0.15) is 5.26 Å². The van der Waals surface area contributed by atoms with Gasteiger partial charge in [-0.3, -0.25) is 5.01 Å². The molecule has 0 spiro atoms. The van der Waals surface area contributed by atoms with Crippen molar-refractivity contribution in [2.45, 2.75) is 79.6 Å². The average Bonchev–Trinajstić information content (AvgIpc) is 2.87. The third-order valence-electron chi connectivity index (χ3n) is 6.44. The summed E-state index contributed by atoms with van der Waals surface area (Å²) in [5, 5.41) is 18.4.